The van der Waals surface area contributed by atoms with Crippen molar-refractivity contribution >= 4 is 5.91 Å². The fourth-order valence-corrected chi connectivity index (χ4v) is 2.99. The summed E-state index contributed by atoms with van der Waals surface area (Å²) in [5.74, 6) is 0.555. The highest BCUT2D eigenvalue weighted by molar-refractivity contribution is 5.77. The minimum Gasteiger partial charge on any atom is -0.484 e. The molecule has 140 valence electrons. The number of ether oxygens (including phenoxy) is 1. The molecule has 0 radical (unpaired) electrons. The maximum atomic E-state index is 12.1. The molecule has 5 nitrogen and oxygen atoms in total. The molecule has 5 heteroatoms. The maximum Gasteiger partial charge on any atom is 0.258 e. The molecule has 1 N–H and O–H groups in total. The lowest BCUT2D eigenvalue weighted by atomic mass is 10.2. The van der Waals surface area contributed by atoms with Crippen LogP contribution >= 0.6 is 0 Å². The zero-order chi connectivity index (χ0) is 19.2. The summed E-state index contributed by atoms with van der Waals surface area (Å²) >= 11 is 0. The van der Waals surface area contributed by atoms with Gasteiger partial charge in [-0.15, -0.1) is 0 Å². The number of nitrogens with zero attached hydrogens (tertiary/aromatic N) is 2. The number of rotatable bonds is 7. The van der Waals surface area contributed by atoms with E-state index in [1.54, 1.807) is 0 Å². The molecule has 1 amide bonds. The summed E-state index contributed by atoms with van der Waals surface area (Å²) < 4.78 is 7.53. The summed E-state index contributed by atoms with van der Waals surface area (Å²) in [5.41, 5.74) is 5.35. The van der Waals surface area contributed by atoms with Gasteiger partial charge in [-0.25, -0.2) is 0 Å². The van der Waals surface area contributed by atoms with Crippen LogP contribution in [0.3, 0.4) is 0 Å². The highest BCUT2D eigenvalue weighted by Gasteiger charge is 2.13. The molecular weight excluding hydrogens is 338 g/mol. The van der Waals surface area contributed by atoms with Crippen LogP contribution in [0.1, 0.15) is 28.1 Å². The monoisotopic (exact) mass is 363 g/mol. The molecule has 1 aromatic heterocycles. The topological polar surface area (TPSA) is 56.1 Å². The highest BCUT2D eigenvalue weighted by atomic mass is 16.5. The van der Waals surface area contributed by atoms with Gasteiger partial charge in [0.05, 0.1) is 12.2 Å². The van der Waals surface area contributed by atoms with Crippen LogP contribution < -0.4 is 10.1 Å². The number of benzene rings is 2. The van der Waals surface area contributed by atoms with Gasteiger partial charge < -0.3 is 10.1 Å². The van der Waals surface area contributed by atoms with E-state index in [9.17, 15) is 4.79 Å². The van der Waals surface area contributed by atoms with Crippen LogP contribution in [-0.4, -0.2) is 22.3 Å². The normalized spacial score (nSPS) is 10.6. The fraction of sp³-hybridized carbons (Fsp3) is 0.273. The SMILES string of the molecule is Cc1cccc(OCC(=O)NCc2c(C)nn(Cc3ccccc3)c2C)c1. The lowest BCUT2D eigenvalue weighted by Crippen LogP contribution is -2.28. The third-order valence-electron chi connectivity index (χ3n) is 4.53. The smallest absolute Gasteiger partial charge is 0.258 e. The number of amides is 1. The van der Waals surface area contributed by atoms with Crippen molar-refractivity contribution in [3.8, 4) is 5.75 Å². The average molecular weight is 363 g/mol. The summed E-state index contributed by atoms with van der Waals surface area (Å²) in [4.78, 5) is 12.1. The third-order valence-corrected chi connectivity index (χ3v) is 4.53. The van der Waals surface area contributed by atoms with Crippen molar-refractivity contribution in [1.29, 1.82) is 0 Å². The molecular formula is C22H25N3O2. The zero-order valence-corrected chi connectivity index (χ0v) is 16.0. The van der Waals surface area contributed by atoms with Gasteiger partial charge >= 0.3 is 0 Å². The van der Waals surface area contributed by atoms with E-state index >= 15 is 0 Å². The first-order chi connectivity index (χ1) is 13.0. The summed E-state index contributed by atoms with van der Waals surface area (Å²) in [6, 6.07) is 17.9. The zero-order valence-electron chi connectivity index (χ0n) is 16.0. The Morgan fingerprint density at radius 1 is 1.07 bits per heavy atom. The lowest BCUT2D eigenvalue weighted by molar-refractivity contribution is -0.123. The van der Waals surface area contributed by atoms with Crippen LogP contribution in [0.2, 0.25) is 0 Å². The first kappa shape index (κ1) is 18.7. The molecule has 0 bridgehead atoms. The van der Waals surface area contributed by atoms with Gasteiger partial charge in [0.15, 0.2) is 6.61 Å². The number of carbonyl (C=O) groups is 1. The molecule has 27 heavy (non-hydrogen) atoms. The van der Waals surface area contributed by atoms with Crippen LogP contribution in [0.25, 0.3) is 0 Å². The minimum absolute atomic E-state index is 0.000297. The first-order valence-electron chi connectivity index (χ1n) is 9.06. The Hall–Kier alpha value is -3.08. The van der Waals surface area contributed by atoms with E-state index in [1.807, 2.05) is 67.9 Å². The van der Waals surface area contributed by atoms with E-state index in [-0.39, 0.29) is 12.5 Å². The van der Waals surface area contributed by atoms with Gasteiger partial charge in [0.1, 0.15) is 5.75 Å². The average Bonchev–Trinajstić information content (AvgIpc) is 2.92. The van der Waals surface area contributed by atoms with Crippen molar-refractivity contribution in [2.45, 2.75) is 33.9 Å². The number of aryl methyl sites for hydroxylation is 2. The van der Waals surface area contributed by atoms with Gasteiger partial charge in [0.2, 0.25) is 0 Å². The second-order valence-electron chi connectivity index (χ2n) is 6.67. The number of carbonyl (C=O) groups excluding carboxylic acids is 1. The molecule has 0 aliphatic carbocycles. The number of aromatic nitrogens is 2. The second-order valence-corrected chi connectivity index (χ2v) is 6.67. The Labute approximate surface area is 160 Å². The van der Waals surface area contributed by atoms with E-state index in [2.05, 4.69) is 22.5 Å². The first-order valence-corrected chi connectivity index (χ1v) is 9.06. The third kappa shape index (κ3) is 4.97. The molecule has 3 aromatic rings. The molecule has 0 saturated heterocycles. The van der Waals surface area contributed by atoms with Crippen molar-refractivity contribution in [2.75, 3.05) is 6.61 Å². The van der Waals surface area contributed by atoms with E-state index in [0.717, 1.165) is 29.1 Å². The Balaban J connectivity index is 1.56. The van der Waals surface area contributed by atoms with Gasteiger partial charge in [-0.05, 0) is 44.0 Å². The van der Waals surface area contributed by atoms with E-state index in [1.165, 1.54) is 5.56 Å². The Kier molecular flexibility index (Phi) is 5.91. The quantitative estimate of drug-likeness (QED) is 0.698. The van der Waals surface area contributed by atoms with E-state index in [4.69, 9.17) is 4.74 Å². The Bertz CT molecular complexity index is 917. The van der Waals surface area contributed by atoms with Gasteiger partial charge in [0, 0.05) is 17.8 Å². The van der Waals surface area contributed by atoms with Crippen LogP contribution in [0.5, 0.6) is 5.75 Å². The molecule has 0 atom stereocenters. The predicted molar refractivity (Wildman–Crippen MR) is 106 cm³/mol. The molecule has 0 spiro atoms. The summed E-state index contributed by atoms with van der Waals surface area (Å²) in [5, 5.41) is 7.55. The largest absolute Gasteiger partial charge is 0.484 e. The van der Waals surface area contributed by atoms with Crippen LogP contribution in [0.15, 0.2) is 54.6 Å². The number of nitrogens with one attached hydrogen (secondary N) is 1. The van der Waals surface area contributed by atoms with Gasteiger partial charge in [0.25, 0.3) is 5.91 Å². The fourth-order valence-electron chi connectivity index (χ4n) is 2.99. The van der Waals surface area contributed by atoms with Crippen molar-refractivity contribution in [2.24, 2.45) is 0 Å². The second kappa shape index (κ2) is 8.54. The van der Waals surface area contributed by atoms with Gasteiger partial charge in [-0.2, -0.15) is 5.10 Å². The summed E-state index contributed by atoms with van der Waals surface area (Å²) in [6.07, 6.45) is 0. The standard InChI is InChI=1S/C22H25N3O2/c1-16-8-7-11-20(12-16)27-15-22(26)23-13-21-17(2)24-25(18(21)3)14-19-9-5-4-6-10-19/h4-12H,13-15H2,1-3H3,(H,23,26). The number of hydrogen-bond donors (Lipinski definition) is 1. The predicted octanol–water partition coefficient (Wildman–Crippen LogP) is 3.55. The Morgan fingerprint density at radius 3 is 2.59 bits per heavy atom. The molecule has 3 rings (SSSR count). The molecule has 0 aliphatic rings. The maximum absolute atomic E-state index is 12.1. The molecule has 0 unspecified atom stereocenters. The molecule has 1 heterocycles. The van der Waals surface area contributed by atoms with Crippen molar-refractivity contribution < 1.29 is 9.53 Å². The Morgan fingerprint density at radius 2 is 1.85 bits per heavy atom. The van der Waals surface area contributed by atoms with Crippen LogP contribution in [0, 0.1) is 20.8 Å². The van der Waals surface area contributed by atoms with E-state index < -0.39 is 0 Å². The van der Waals surface area contributed by atoms with Gasteiger partial charge in [-0.1, -0.05) is 42.5 Å². The van der Waals surface area contributed by atoms with E-state index in [0.29, 0.717) is 12.3 Å². The van der Waals surface area contributed by atoms with Crippen LogP contribution in [0.4, 0.5) is 0 Å². The summed E-state index contributed by atoms with van der Waals surface area (Å²) in [7, 11) is 0. The van der Waals surface area contributed by atoms with Crippen LogP contribution in [-0.2, 0) is 17.9 Å². The molecule has 0 saturated carbocycles. The molecule has 0 fully saturated rings. The molecule has 0 aliphatic heterocycles. The van der Waals surface area contributed by atoms with Gasteiger partial charge in [-0.3, -0.25) is 9.48 Å². The lowest BCUT2D eigenvalue weighted by Gasteiger charge is -2.09. The number of hydrogen-bond acceptors (Lipinski definition) is 3. The van der Waals surface area contributed by atoms with Crippen molar-refractivity contribution in [3.05, 3.63) is 82.7 Å². The highest BCUT2D eigenvalue weighted by Crippen LogP contribution is 2.15. The van der Waals surface area contributed by atoms with Crippen molar-refractivity contribution in [3.63, 3.8) is 0 Å². The van der Waals surface area contributed by atoms with Crippen molar-refractivity contribution in [1.82, 2.24) is 15.1 Å². The molecule has 2 aromatic carbocycles. The minimum atomic E-state index is -0.147. The summed E-state index contributed by atoms with van der Waals surface area (Å²) in [6.45, 7) is 7.17.